The summed E-state index contributed by atoms with van der Waals surface area (Å²) in [6, 6.07) is 15.2. The van der Waals surface area contributed by atoms with Crippen molar-refractivity contribution in [2.45, 2.75) is 18.9 Å². The van der Waals surface area contributed by atoms with Gasteiger partial charge in [-0.05, 0) is 37.1 Å². The molecule has 1 aliphatic rings. The van der Waals surface area contributed by atoms with Gasteiger partial charge in [0.25, 0.3) is 5.91 Å². The Morgan fingerprint density at radius 1 is 1.15 bits per heavy atom. The minimum Gasteiger partial charge on any atom is -0.491 e. The lowest BCUT2D eigenvalue weighted by atomic mass is 10.2. The van der Waals surface area contributed by atoms with Crippen molar-refractivity contribution in [2.24, 2.45) is 0 Å². The van der Waals surface area contributed by atoms with Crippen LogP contribution >= 0.6 is 0 Å². The molecule has 3 aromatic rings. The van der Waals surface area contributed by atoms with Crippen LogP contribution in [-0.2, 0) is 0 Å². The van der Waals surface area contributed by atoms with E-state index in [2.05, 4.69) is 9.97 Å². The quantitative estimate of drug-likeness (QED) is 0.711. The van der Waals surface area contributed by atoms with Crippen LogP contribution in [0.2, 0.25) is 0 Å². The van der Waals surface area contributed by atoms with E-state index in [1.165, 1.54) is 0 Å². The van der Waals surface area contributed by atoms with Crippen molar-refractivity contribution in [3.63, 3.8) is 0 Å². The number of ether oxygens (including phenoxy) is 1. The molecule has 3 heterocycles. The number of pyridine rings is 1. The number of rotatable bonds is 5. The Balaban J connectivity index is 1.47. The monoisotopic (exact) mass is 348 g/mol. The topological polar surface area (TPSA) is 60.2 Å². The second-order valence-corrected chi connectivity index (χ2v) is 6.27. The molecule has 1 aromatic carbocycles. The standard InChI is InChI=1S/C20H20N4O2/c25-20(18-9-4-10-19(22-18)23-13-11-21-15-23)24-12-5-6-16(24)14-26-17-7-2-1-3-8-17/h1-4,7-11,13,15-16H,5-6,12,14H2. The molecule has 1 amide bonds. The number of carbonyl (C=O) groups is 1. The summed E-state index contributed by atoms with van der Waals surface area (Å²) in [5.41, 5.74) is 0.447. The number of benzene rings is 1. The summed E-state index contributed by atoms with van der Waals surface area (Å²) in [5, 5.41) is 0. The van der Waals surface area contributed by atoms with Crippen LogP contribution in [0.15, 0.2) is 67.3 Å². The second kappa shape index (κ2) is 7.39. The van der Waals surface area contributed by atoms with Crippen LogP contribution in [0, 0.1) is 0 Å². The van der Waals surface area contributed by atoms with Crippen molar-refractivity contribution in [2.75, 3.05) is 13.2 Å². The number of para-hydroxylation sites is 1. The van der Waals surface area contributed by atoms with Gasteiger partial charge in [0, 0.05) is 18.9 Å². The summed E-state index contributed by atoms with van der Waals surface area (Å²) in [4.78, 5) is 23.4. The largest absolute Gasteiger partial charge is 0.491 e. The van der Waals surface area contributed by atoms with Crippen molar-refractivity contribution in [1.82, 2.24) is 19.4 Å². The highest BCUT2D eigenvalue weighted by Gasteiger charge is 2.30. The lowest BCUT2D eigenvalue weighted by Crippen LogP contribution is -2.39. The normalized spacial score (nSPS) is 16.6. The summed E-state index contributed by atoms with van der Waals surface area (Å²) in [5.74, 6) is 1.46. The van der Waals surface area contributed by atoms with Gasteiger partial charge in [-0.3, -0.25) is 9.36 Å². The Morgan fingerprint density at radius 3 is 2.85 bits per heavy atom. The van der Waals surface area contributed by atoms with Gasteiger partial charge >= 0.3 is 0 Å². The molecule has 0 N–H and O–H groups in total. The molecule has 26 heavy (non-hydrogen) atoms. The molecule has 0 radical (unpaired) electrons. The van der Waals surface area contributed by atoms with Crippen LogP contribution in [0.4, 0.5) is 0 Å². The maximum atomic E-state index is 13.0. The van der Waals surface area contributed by atoms with Crippen molar-refractivity contribution in [3.05, 3.63) is 72.9 Å². The molecule has 1 atom stereocenters. The van der Waals surface area contributed by atoms with Gasteiger partial charge in [-0.2, -0.15) is 0 Å². The van der Waals surface area contributed by atoms with Crippen LogP contribution < -0.4 is 4.74 Å². The van der Waals surface area contributed by atoms with Gasteiger partial charge in [0.1, 0.15) is 30.2 Å². The first-order valence-electron chi connectivity index (χ1n) is 8.75. The Labute approximate surface area is 152 Å². The molecule has 0 aliphatic carbocycles. The number of hydrogen-bond donors (Lipinski definition) is 0. The van der Waals surface area contributed by atoms with Crippen LogP contribution in [-0.4, -0.2) is 44.5 Å². The third kappa shape index (κ3) is 3.44. The molecular formula is C20H20N4O2. The Bertz CT molecular complexity index is 865. The van der Waals surface area contributed by atoms with Crippen LogP contribution in [0.5, 0.6) is 5.75 Å². The number of aromatic nitrogens is 3. The molecule has 1 aliphatic heterocycles. The fourth-order valence-electron chi connectivity index (χ4n) is 3.21. The van der Waals surface area contributed by atoms with Gasteiger partial charge in [-0.15, -0.1) is 0 Å². The number of carbonyl (C=O) groups excluding carboxylic acids is 1. The van der Waals surface area contributed by atoms with E-state index in [4.69, 9.17) is 4.74 Å². The number of hydrogen-bond acceptors (Lipinski definition) is 4. The summed E-state index contributed by atoms with van der Waals surface area (Å²) in [7, 11) is 0. The molecule has 6 nitrogen and oxygen atoms in total. The highest BCUT2D eigenvalue weighted by molar-refractivity contribution is 5.93. The Kier molecular flexibility index (Phi) is 4.64. The third-order valence-corrected chi connectivity index (χ3v) is 4.55. The molecule has 1 unspecified atom stereocenters. The molecule has 6 heteroatoms. The second-order valence-electron chi connectivity index (χ2n) is 6.27. The van der Waals surface area contributed by atoms with E-state index < -0.39 is 0 Å². The summed E-state index contributed by atoms with van der Waals surface area (Å²) < 4.78 is 7.65. The zero-order valence-electron chi connectivity index (χ0n) is 14.4. The van der Waals surface area contributed by atoms with Gasteiger partial charge in [0.15, 0.2) is 0 Å². The first-order chi connectivity index (χ1) is 12.8. The van der Waals surface area contributed by atoms with E-state index in [1.54, 1.807) is 23.2 Å². The lowest BCUT2D eigenvalue weighted by Gasteiger charge is -2.24. The van der Waals surface area contributed by atoms with Crippen LogP contribution in [0.25, 0.3) is 5.82 Å². The fraction of sp³-hybridized carbons (Fsp3) is 0.250. The predicted octanol–water partition coefficient (Wildman–Crippen LogP) is 2.95. The molecular weight excluding hydrogens is 328 g/mol. The molecule has 132 valence electrons. The molecule has 4 rings (SSSR count). The maximum absolute atomic E-state index is 13.0. The average Bonchev–Trinajstić information content (AvgIpc) is 3.39. The van der Waals surface area contributed by atoms with Crippen molar-refractivity contribution in [1.29, 1.82) is 0 Å². The summed E-state index contributed by atoms with van der Waals surface area (Å²) in [6.45, 7) is 1.23. The number of nitrogens with zero attached hydrogens (tertiary/aromatic N) is 4. The van der Waals surface area contributed by atoms with E-state index in [0.717, 1.165) is 25.1 Å². The van der Waals surface area contributed by atoms with Gasteiger partial charge in [0.05, 0.1) is 6.04 Å². The zero-order valence-corrected chi connectivity index (χ0v) is 14.4. The van der Waals surface area contributed by atoms with Crippen molar-refractivity contribution in [3.8, 4) is 11.6 Å². The van der Waals surface area contributed by atoms with E-state index in [9.17, 15) is 4.79 Å². The molecule has 2 aromatic heterocycles. The average molecular weight is 348 g/mol. The molecule has 0 spiro atoms. The van der Waals surface area contributed by atoms with E-state index >= 15 is 0 Å². The minimum atomic E-state index is -0.0499. The predicted molar refractivity (Wildman–Crippen MR) is 97.4 cm³/mol. The Hall–Kier alpha value is -3.15. The molecule has 1 fully saturated rings. The highest BCUT2D eigenvalue weighted by Crippen LogP contribution is 2.21. The molecule has 1 saturated heterocycles. The van der Waals surface area contributed by atoms with Gasteiger partial charge < -0.3 is 9.64 Å². The van der Waals surface area contributed by atoms with E-state index in [1.807, 2.05) is 53.6 Å². The molecule has 0 bridgehead atoms. The van der Waals surface area contributed by atoms with Gasteiger partial charge in [-0.25, -0.2) is 9.97 Å². The smallest absolute Gasteiger partial charge is 0.272 e. The van der Waals surface area contributed by atoms with E-state index in [-0.39, 0.29) is 11.9 Å². The number of amides is 1. The van der Waals surface area contributed by atoms with E-state index in [0.29, 0.717) is 18.1 Å². The number of likely N-dealkylation sites (tertiary alicyclic amines) is 1. The SMILES string of the molecule is O=C(c1cccc(-n2ccnc2)n1)N1CCCC1COc1ccccc1. The van der Waals surface area contributed by atoms with Crippen LogP contribution in [0.1, 0.15) is 23.3 Å². The third-order valence-electron chi connectivity index (χ3n) is 4.55. The molecule has 0 saturated carbocycles. The fourth-order valence-corrected chi connectivity index (χ4v) is 3.21. The summed E-state index contributed by atoms with van der Waals surface area (Å²) in [6.07, 6.45) is 7.09. The number of imidazole rings is 1. The van der Waals surface area contributed by atoms with Crippen LogP contribution in [0.3, 0.4) is 0 Å². The van der Waals surface area contributed by atoms with Gasteiger partial charge in [0.2, 0.25) is 0 Å². The van der Waals surface area contributed by atoms with Crippen molar-refractivity contribution < 1.29 is 9.53 Å². The minimum absolute atomic E-state index is 0.0499. The summed E-state index contributed by atoms with van der Waals surface area (Å²) >= 11 is 0. The zero-order chi connectivity index (χ0) is 17.8. The first-order valence-corrected chi connectivity index (χ1v) is 8.75. The highest BCUT2D eigenvalue weighted by atomic mass is 16.5. The first kappa shape index (κ1) is 16.3. The maximum Gasteiger partial charge on any atom is 0.272 e. The van der Waals surface area contributed by atoms with Crippen molar-refractivity contribution >= 4 is 5.91 Å². The Morgan fingerprint density at radius 2 is 2.04 bits per heavy atom. The van der Waals surface area contributed by atoms with Gasteiger partial charge in [-0.1, -0.05) is 24.3 Å². The lowest BCUT2D eigenvalue weighted by molar-refractivity contribution is 0.0685.